The maximum absolute atomic E-state index is 12.9. The van der Waals surface area contributed by atoms with Crippen LogP contribution in [0.4, 0.5) is 13.2 Å². The fourth-order valence-electron chi connectivity index (χ4n) is 2.63. The van der Waals surface area contributed by atoms with E-state index in [-0.39, 0.29) is 23.1 Å². The number of aromatic nitrogens is 4. The van der Waals surface area contributed by atoms with Crippen molar-refractivity contribution in [2.24, 2.45) is 0 Å². The second kappa shape index (κ2) is 8.02. The number of alkyl halides is 3. The molecule has 0 atom stereocenters. The van der Waals surface area contributed by atoms with Crippen LogP contribution in [0.5, 0.6) is 0 Å². The first-order chi connectivity index (χ1) is 13.3. The maximum Gasteiger partial charge on any atom is 0.416 e. The van der Waals surface area contributed by atoms with Crippen molar-refractivity contribution >= 4 is 11.6 Å². The van der Waals surface area contributed by atoms with Crippen LogP contribution in [0.25, 0.3) is 17.1 Å². The van der Waals surface area contributed by atoms with Gasteiger partial charge in [0.1, 0.15) is 0 Å². The van der Waals surface area contributed by atoms with E-state index in [1.165, 1.54) is 33.8 Å². The van der Waals surface area contributed by atoms with E-state index in [2.05, 4.69) is 10.1 Å². The molecule has 0 saturated heterocycles. The van der Waals surface area contributed by atoms with Gasteiger partial charge in [-0.3, -0.25) is 4.98 Å². The normalized spacial score (nSPS) is 12.0. The summed E-state index contributed by atoms with van der Waals surface area (Å²) in [4.78, 5) is 16.8. The molecule has 0 unspecified atom stereocenters. The first-order valence-electron chi connectivity index (χ1n) is 8.45. The van der Waals surface area contributed by atoms with Gasteiger partial charge in [-0.15, -0.1) is 5.10 Å². The molecule has 146 valence electrons. The smallest absolute Gasteiger partial charge is 0.263 e. The van der Waals surface area contributed by atoms with E-state index in [0.29, 0.717) is 5.56 Å². The Bertz CT molecular complexity index is 1050. The number of hydrogen-bond acceptors (Lipinski definition) is 3. The molecule has 0 radical (unpaired) electrons. The predicted octanol–water partition coefficient (Wildman–Crippen LogP) is 4.73. The zero-order chi connectivity index (χ0) is 20.3. The fourth-order valence-corrected chi connectivity index (χ4v) is 2.83. The van der Waals surface area contributed by atoms with Crippen molar-refractivity contribution < 1.29 is 13.2 Å². The summed E-state index contributed by atoms with van der Waals surface area (Å²) < 4.78 is 41.0. The summed E-state index contributed by atoms with van der Waals surface area (Å²) in [7, 11) is 0. The van der Waals surface area contributed by atoms with E-state index >= 15 is 0 Å². The Hall–Kier alpha value is -2.87. The molecule has 0 spiro atoms. The van der Waals surface area contributed by atoms with Crippen LogP contribution in [-0.2, 0) is 12.7 Å². The quantitative estimate of drug-likeness (QED) is 0.573. The third-order valence-corrected chi connectivity index (χ3v) is 4.29. The molecular weight excluding hydrogens is 393 g/mol. The van der Waals surface area contributed by atoms with Crippen LogP contribution < -0.4 is 5.69 Å². The molecule has 0 aliphatic carbocycles. The molecule has 3 aromatic rings. The highest BCUT2D eigenvalue weighted by Gasteiger charge is 2.30. The van der Waals surface area contributed by atoms with Crippen molar-refractivity contribution in [3.05, 3.63) is 75.9 Å². The van der Waals surface area contributed by atoms with Crippen molar-refractivity contribution in [2.75, 3.05) is 0 Å². The molecule has 0 bridgehead atoms. The fraction of sp³-hybridized carbons (Fsp3) is 0.211. The van der Waals surface area contributed by atoms with Gasteiger partial charge < -0.3 is 0 Å². The second-order valence-electron chi connectivity index (χ2n) is 5.90. The lowest BCUT2D eigenvalue weighted by Gasteiger charge is -2.09. The highest BCUT2D eigenvalue weighted by Crippen LogP contribution is 2.31. The van der Waals surface area contributed by atoms with Gasteiger partial charge in [-0.2, -0.15) is 13.2 Å². The zero-order valence-electron chi connectivity index (χ0n) is 14.8. The van der Waals surface area contributed by atoms with Crippen LogP contribution in [0.1, 0.15) is 18.9 Å². The van der Waals surface area contributed by atoms with Gasteiger partial charge in [0.25, 0.3) is 0 Å². The number of nitrogens with zero attached hydrogens (tertiary/aromatic N) is 4. The van der Waals surface area contributed by atoms with Crippen LogP contribution in [-0.4, -0.2) is 19.3 Å². The summed E-state index contributed by atoms with van der Waals surface area (Å²) >= 11 is 6.20. The number of benzene rings is 1. The lowest BCUT2D eigenvalue weighted by Crippen LogP contribution is -2.23. The SMILES string of the molecule is CC/C=C/Cn1nc(-c2ccncc2Cl)n(-c2ccc(C(F)(F)F)cc2)c1=O. The molecule has 2 aromatic heterocycles. The van der Waals surface area contributed by atoms with E-state index in [1.54, 1.807) is 12.1 Å². The Labute approximate surface area is 163 Å². The van der Waals surface area contributed by atoms with Crippen LogP contribution >= 0.6 is 11.6 Å². The average Bonchev–Trinajstić information content (AvgIpc) is 2.98. The maximum atomic E-state index is 12.9. The Balaban J connectivity index is 2.17. The standard InChI is InChI=1S/C19H16ClF3N4O/c1-2-3-4-11-26-18(28)27(14-7-5-13(6-8-14)19(21,22)23)17(25-26)15-9-10-24-12-16(15)20/h3-10,12H,2,11H2,1H3/b4-3+. The molecule has 3 rings (SSSR count). The summed E-state index contributed by atoms with van der Waals surface area (Å²) in [5.41, 5.74) is -0.576. The minimum Gasteiger partial charge on any atom is -0.263 e. The Morgan fingerprint density at radius 1 is 1.14 bits per heavy atom. The third kappa shape index (κ3) is 4.01. The van der Waals surface area contributed by atoms with Crippen molar-refractivity contribution in [3.63, 3.8) is 0 Å². The molecule has 0 N–H and O–H groups in total. The van der Waals surface area contributed by atoms with E-state index < -0.39 is 17.4 Å². The highest BCUT2D eigenvalue weighted by molar-refractivity contribution is 6.33. The summed E-state index contributed by atoms with van der Waals surface area (Å²) in [5.74, 6) is 0.224. The molecule has 5 nitrogen and oxygen atoms in total. The molecule has 0 amide bonds. The number of hydrogen-bond donors (Lipinski definition) is 0. The van der Waals surface area contributed by atoms with Gasteiger partial charge in [-0.1, -0.05) is 30.7 Å². The van der Waals surface area contributed by atoms with Crippen LogP contribution in [0.15, 0.2) is 59.7 Å². The molecule has 28 heavy (non-hydrogen) atoms. The topological polar surface area (TPSA) is 52.7 Å². The Morgan fingerprint density at radius 2 is 1.86 bits per heavy atom. The van der Waals surface area contributed by atoms with E-state index in [4.69, 9.17) is 11.6 Å². The van der Waals surface area contributed by atoms with Gasteiger partial charge in [0.05, 0.1) is 22.8 Å². The summed E-state index contributed by atoms with van der Waals surface area (Å²) in [6, 6.07) is 5.91. The van der Waals surface area contributed by atoms with Crippen molar-refractivity contribution in [3.8, 4) is 17.1 Å². The number of halogens is 4. The number of rotatable bonds is 5. The van der Waals surface area contributed by atoms with Gasteiger partial charge in [-0.05, 0) is 36.8 Å². The monoisotopic (exact) mass is 408 g/mol. The van der Waals surface area contributed by atoms with Gasteiger partial charge in [-0.25, -0.2) is 14.0 Å². The summed E-state index contributed by atoms with van der Waals surface area (Å²) in [6.07, 6.45) is 2.94. The van der Waals surface area contributed by atoms with Gasteiger partial charge in [0, 0.05) is 18.0 Å². The third-order valence-electron chi connectivity index (χ3n) is 3.99. The molecular formula is C19H16ClF3N4O. The molecule has 1 aromatic carbocycles. The average molecular weight is 409 g/mol. The molecule has 0 aliphatic heterocycles. The van der Waals surface area contributed by atoms with E-state index in [0.717, 1.165) is 18.6 Å². The molecule has 0 saturated carbocycles. The minimum atomic E-state index is -4.46. The lowest BCUT2D eigenvalue weighted by atomic mass is 10.2. The van der Waals surface area contributed by atoms with Crippen LogP contribution in [0.2, 0.25) is 5.02 Å². The predicted molar refractivity (Wildman–Crippen MR) is 100 cm³/mol. The molecule has 2 heterocycles. The lowest BCUT2D eigenvalue weighted by molar-refractivity contribution is -0.137. The summed E-state index contributed by atoms with van der Waals surface area (Å²) in [5, 5.41) is 4.62. The summed E-state index contributed by atoms with van der Waals surface area (Å²) in [6.45, 7) is 2.19. The second-order valence-corrected chi connectivity index (χ2v) is 6.31. The molecule has 9 heteroatoms. The van der Waals surface area contributed by atoms with Crippen molar-refractivity contribution in [2.45, 2.75) is 26.1 Å². The van der Waals surface area contributed by atoms with Crippen molar-refractivity contribution in [1.82, 2.24) is 19.3 Å². The van der Waals surface area contributed by atoms with E-state index in [9.17, 15) is 18.0 Å². The van der Waals surface area contributed by atoms with Gasteiger partial charge >= 0.3 is 11.9 Å². The van der Waals surface area contributed by atoms with Gasteiger partial charge in [0.15, 0.2) is 5.82 Å². The largest absolute Gasteiger partial charge is 0.416 e. The first-order valence-corrected chi connectivity index (χ1v) is 8.83. The number of allylic oxidation sites excluding steroid dienone is 2. The first kappa shape index (κ1) is 19.9. The zero-order valence-corrected chi connectivity index (χ0v) is 15.6. The Morgan fingerprint density at radius 3 is 2.46 bits per heavy atom. The van der Waals surface area contributed by atoms with Crippen LogP contribution in [0, 0.1) is 0 Å². The highest BCUT2D eigenvalue weighted by atomic mass is 35.5. The van der Waals surface area contributed by atoms with E-state index in [1.807, 2.05) is 13.0 Å². The molecule has 0 fully saturated rings. The minimum absolute atomic E-state index is 0.224. The van der Waals surface area contributed by atoms with Crippen molar-refractivity contribution in [1.29, 1.82) is 0 Å². The van der Waals surface area contributed by atoms with Gasteiger partial charge in [0.2, 0.25) is 0 Å². The Kier molecular flexibility index (Phi) is 5.69. The number of pyridine rings is 1. The van der Waals surface area contributed by atoms with Crippen LogP contribution in [0.3, 0.4) is 0 Å². The molecule has 0 aliphatic rings.